The van der Waals surface area contributed by atoms with Gasteiger partial charge in [0.2, 0.25) is 0 Å². The van der Waals surface area contributed by atoms with E-state index in [-0.39, 0.29) is 0 Å². The molecule has 0 aromatic rings. The van der Waals surface area contributed by atoms with Crippen LogP contribution in [0.3, 0.4) is 0 Å². The molecule has 0 bridgehead atoms. The zero-order valence-corrected chi connectivity index (χ0v) is 11.8. The molecule has 0 spiro atoms. The minimum absolute atomic E-state index is 0.623. The molecule has 0 aliphatic heterocycles. The monoisotopic (exact) mass is 228 g/mol. The maximum atomic E-state index is 5.76. The van der Waals surface area contributed by atoms with Crippen LogP contribution in [0.5, 0.6) is 0 Å². The van der Waals surface area contributed by atoms with E-state index in [1.807, 2.05) is 0 Å². The molecule has 2 heteroatoms. The van der Waals surface area contributed by atoms with Gasteiger partial charge in [-0.05, 0) is 38.3 Å². The average molecular weight is 228 g/mol. The van der Waals surface area contributed by atoms with E-state index in [1.54, 1.807) is 0 Å². The van der Waals surface area contributed by atoms with Crippen LogP contribution in [0.25, 0.3) is 0 Å². The van der Waals surface area contributed by atoms with Crippen molar-refractivity contribution in [2.75, 3.05) is 13.1 Å². The highest BCUT2D eigenvalue weighted by Gasteiger charge is 2.12. The first-order valence-corrected chi connectivity index (χ1v) is 7.05. The Bertz CT molecular complexity index is 146. The summed E-state index contributed by atoms with van der Waals surface area (Å²) in [6, 6.07) is 0.643. The molecule has 0 saturated carbocycles. The third kappa shape index (κ3) is 8.12. The van der Waals surface area contributed by atoms with Gasteiger partial charge in [-0.25, -0.2) is 0 Å². The summed E-state index contributed by atoms with van der Waals surface area (Å²) in [4.78, 5) is 0. The van der Waals surface area contributed by atoms with Gasteiger partial charge in [-0.2, -0.15) is 0 Å². The maximum Gasteiger partial charge on any atom is 0.00388 e. The van der Waals surface area contributed by atoms with Crippen LogP contribution in [-0.4, -0.2) is 19.1 Å². The van der Waals surface area contributed by atoms with Crippen LogP contribution in [-0.2, 0) is 0 Å². The first kappa shape index (κ1) is 15.9. The first-order valence-electron chi connectivity index (χ1n) is 7.05. The highest BCUT2D eigenvalue weighted by Crippen LogP contribution is 2.09. The highest BCUT2D eigenvalue weighted by atomic mass is 14.9. The van der Waals surface area contributed by atoms with Crippen LogP contribution in [0.15, 0.2) is 0 Å². The van der Waals surface area contributed by atoms with Gasteiger partial charge in [0.1, 0.15) is 0 Å². The lowest BCUT2D eigenvalue weighted by Gasteiger charge is -2.22. The van der Waals surface area contributed by atoms with E-state index in [2.05, 4.69) is 33.0 Å². The number of unbranched alkanes of at least 4 members (excludes halogenated alkanes) is 3. The van der Waals surface area contributed by atoms with Crippen molar-refractivity contribution in [1.29, 1.82) is 0 Å². The molecule has 16 heavy (non-hydrogen) atoms. The van der Waals surface area contributed by atoms with E-state index in [0.717, 1.165) is 13.1 Å². The summed E-state index contributed by atoms with van der Waals surface area (Å²) < 4.78 is 0. The van der Waals surface area contributed by atoms with Gasteiger partial charge in [0.15, 0.2) is 0 Å². The largest absolute Gasteiger partial charge is 0.330 e. The SMILES string of the molecule is CCCCCCC(C)NCC(CN)C(C)C. The Morgan fingerprint density at radius 3 is 2.25 bits per heavy atom. The van der Waals surface area contributed by atoms with Gasteiger partial charge in [0.25, 0.3) is 0 Å². The van der Waals surface area contributed by atoms with Crippen LogP contribution < -0.4 is 11.1 Å². The second-order valence-electron chi connectivity index (χ2n) is 5.40. The van der Waals surface area contributed by atoms with Crippen LogP contribution in [0.1, 0.15) is 59.8 Å². The standard InChI is InChI=1S/C14H32N2/c1-5-6-7-8-9-13(4)16-11-14(10-15)12(2)3/h12-14,16H,5-11,15H2,1-4H3. The molecule has 98 valence electrons. The lowest BCUT2D eigenvalue weighted by Crippen LogP contribution is -2.36. The Labute approximate surface area is 102 Å². The molecule has 0 saturated heterocycles. The van der Waals surface area contributed by atoms with Crippen molar-refractivity contribution in [1.82, 2.24) is 5.32 Å². The van der Waals surface area contributed by atoms with Crippen molar-refractivity contribution in [3.63, 3.8) is 0 Å². The summed E-state index contributed by atoms with van der Waals surface area (Å²) >= 11 is 0. The molecule has 0 aromatic heterocycles. The van der Waals surface area contributed by atoms with Crippen LogP contribution >= 0.6 is 0 Å². The molecule has 2 nitrogen and oxygen atoms in total. The summed E-state index contributed by atoms with van der Waals surface area (Å²) in [5, 5.41) is 3.61. The van der Waals surface area contributed by atoms with Crippen molar-refractivity contribution in [3.8, 4) is 0 Å². The van der Waals surface area contributed by atoms with E-state index >= 15 is 0 Å². The lowest BCUT2D eigenvalue weighted by atomic mass is 9.95. The van der Waals surface area contributed by atoms with Gasteiger partial charge in [-0.3, -0.25) is 0 Å². The third-order valence-corrected chi connectivity index (χ3v) is 3.46. The Balaban J connectivity index is 3.51. The quantitative estimate of drug-likeness (QED) is 0.564. The van der Waals surface area contributed by atoms with E-state index in [1.165, 1.54) is 32.1 Å². The van der Waals surface area contributed by atoms with Gasteiger partial charge in [-0.1, -0.05) is 46.5 Å². The minimum Gasteiger partial charge on any atom is -0.330 e. The Kier molecular flexibility index (Phi) is 10.0. The van der Waals surface area contributed by atoms with Gasteiger partial charge in [0.05, 0.1) is 0 Å². The molecule has 0 heterocycles. The minimum atomic E-state index is 0.623. The molecule has 0 amide bonds. The number of nitrogens with one attached hydrogen (secondary N) is 1. The predicted octanol–water partition coefficient (Wildman–Crippen LogP) is 3.17. The van der Waals surface area contributed by atoms with Gasteiger partial charge in [0, 0.05) is 6.04 Å². The smallest absolute Gasteiger partial charge is 0.00388 e. The lowest BCUT2D eigenvalue weighted by molar-refractivity contribution is 0.346. The predicted molar refractivity (Wildman–Crippen MR) is 73.6 cm³/mol. The topological polar surface area (TPSA) is 38.0 Å². The van der Waals surface area contributed by atoms with Crippen LogP contribution in [0.2, 0.25) is 0 Å². The summed E-state index contributed by atoms with van der Waals surface area (Å²) in [5.41, 5.74) is 5.76. The van der Waals surface area contributed by atoms with E-state index in [4.69, 9.17) is 5.73 Å². The number of nitrogens with two attached hydrogens (primary N) is 1. The fourth-order valence-electron chi connectivity index (χ4n) is 1.92. The summed E-state index contributed by atoms with van der Waals surface area (Å²) in [5.74, 6) is 1.31. The van der Waals surface area contributed by atoms with Crippen molar-refractivity contribution in [2.45, 2.75) is 65.8 Å². The van der Waals surface area contributed by atoms with E-state index in [9.17, 15) is 0 Å². The molecular weight excluding hydrogens is 196 g/mol. The van der Waals surface area contributed by atoms with Crippen molar-refractivity contribution in [2.24, 2.45) is 17.6 Å². The second kappa shape index (κ2) is 10.1. The molecule has 0 aromatic carbocycles. The van der Waals surface area contributed by atoms with E-state index < -0.39 is 0 Å². The fraction of sp³-hybridized carbons (Fsp3) is 1.00. The van der Waals surface area contributed by atoms with E-state index in [0.29, 0.717) is 17.9 Å². The number of hydrogen-bond donors (Lipinski definition) is 2. The molecule has 2 atom stereocenters. The Hall–Kier alpha value is -0.0800. The normalized spacial score (nSPS) is 15.4. The molecule has 2 unspecified atom stereocenters. The fourth-order valence-corrected chi connectivity index (χ4v) is 1.92. The zero-order valence-electron chi connectivity index (χ0n) is 11.8. The average Bonchev–Trinajstić information content (AvgIpc) is 2.25. The van der Waals surface area contributed by atoms with Crippen LogP contribution in [0, 0.1) is 11.8 Å². The third-order valence-electron chi connectivity index (χ3n) is 3.46. The van der Waals surface area contributed by atoms with Gasteiger partial charge < -0.3 is 11.1 Å². The van der Waals surface area contributed by atoms with Crippen molar-refractivity contribution >= 4 is 0 Å². The molecular formula is C14H32N2. The molecule has 0 rings (SSSR count). The van der Waals surface area contributed by atoms with Gasteiger partial charge >= 0.3 is 0 Å². The summed E-state index contributed by atoms with van der Waals surface area (Å²) in [7, 11) is 0. The number of rotatable bonds is 10. The second-order valence-corrected chi connectivity index (χ2v) is 5.40. The Morgan fingerprint density at radius 1 is 1.06 bits per heavy atom. The summed E-state index contributed by atoms with van der Waals surface area (Å²) in [6.07, 6.45) is 6.74. The Morgan fingerprint density at radius 2 is 1.75 bits per heavy atom. The van der Waals surface area contributed by atoms with Gasteiger partial charge in [-0.15, -0.1) is 0 Å². The molecule has 0 aliphatic rings. The first-order chi connectivity index (χ1) is 7.61. The van der Waals surface area contributed by atoms with Crippen molar-refractivity contribution < 1.29 is 0 Å². The summed E-state index contributed by atoms with van der Waals surface area (Å²) in [6.45, 7) is 10.9. The highest BCUT2D eigenvalue weighted by molar-refractivity contribution is 4.69. The maximum absolute atomic E-state index is 5.76. The van der Waals surface area contributed by atoms with Crippen LogP contribution in [0.4, 0.5) is 0 Å². The molecule has 0 radical (unpaired) electrons. The molecule has 0 fully saturated rings. The molecule has 0 aliphatic carbocycles. The number of hydrogen-bond acceptors (Lipinski definition) is 2. The molecule has 3 N–H and O–H groups in total. The zero-order chi connectivity index (χ0) is 12.4. The van der Waals surface area contributed by atoms with Crippen molar-refractivity contribution in [3.05, 3.63) is 0 Å².